The van der Waals surface area contributed by atoms with Gasteiger partial charge in [0, 0.05) is 10.6 Å². The van der Waals surface area contributed by atoms with Crippen LogP contribution in [-0.4, -0.2) is 22.7 Å². The van der Waals surface area contributed by atoms with Gasteiger partial charge in [-0.15, -0.1) is 0 Å². The summed E-state index contributed by atoms with van der Waals surface area (Å²) in [6, 6.07) is 14.2. The summed E-state index contributed by atoms with van der Waals surface area (Å²) in [7, 11) is 0. The maximum absolute atomic E-state index is 11.7. The van der Waals surface area contributed by atoms with Gasteiger partial charge in [0.2, 0.25) is 0 Å². The van der Waals surface area contributed by atoms with Crippen LogP contribution in [0.4, 0.5) is 0 Å². The molecule has 0 saturated heterocycles. The lowest BCUT2D eigenvalue weighted by molar-refractivity contribution is 0.0693. The van der Waals surface area contributed by atoms with Gasteiger partial charge in [-0.1, -0.05) is 23.7 Å². The van der Waals surface area contributed by atoms with Crippen LogP contribution in [0, 0.1) is 13.8 Å². The lowest BCUT2D eigenvalue weighted by Gasteiger charge is -2.14. The maximum Gasteiger partial charge on any atom is 0.337 e. The van der Waals surface area contributed by atoms with Crippen molar-refractivity contribution in [2.75, 3.05) is 6.61 Å². The van der Waals surface area contributed by atoms with Gasteiger partial charge in [-0.2, -0.15) is 0 Å². The molecule has 0 radical (unpaired) electrons. The lowest BCUT2D eigenvalue weighted by atomic mass is 10.1. The molecule has 0 aliphatic heterocycles. The molecule has 0 saturated carbocycles. The van der Waals surface area contributed by atoms with Crippen LogP contribution in [0.1, 0.15) is 34.1 Å². The number of carboxylic acids is 1. The highest BCUT2D eigenvalue weighted by Gasteiger charge is 2.16. The summed E-state index contributed by atoms with van der Waals surface area (Å²) in [4.78, 5) is 16.3. The van der Waals surface area contributed by atoms with Crippen molar-refractivity contribution in [1.29, 1.82) is 0 Å². The molecule has 5 nitrogen and oxygen atoms in total. The normalized spacial score (nSPS) is 10.6. The third kappa shape index (κ3) is 4.69. The summed E-state index contributed by atoms with van der Waals surface area (Å²) in [5.41, 5.74) is 3.89. The highest BCUT2D eigenvalue weighted by molar-refractivity contribution is 6.30. The van der Waals surface area contributed by atoms with Crippen LogP contribution < -0.4 is 9.47 Å². The molecule has 3 aromatic rings. The highest BCUT2D eigenvalue weighted by Crippen LogP contribution is 2.32. The first-order valence-corrected chi connectivity index (χ1v) is 9.63. The summed E-state index contributed by atoms with van der Waals surface area (Å²) in [5.74, 6) is 0.247. The topological polar surface area (TPSA) is 68.7 Å². The molecule has 0 atom stereocenters. The van der Waals surface area contributed by atoms with E-state index in [1.54, 1.807) is 18.2 Å². The minimum Gasteiger partial charge on any atom is -0.493 e. The first-order chi connectivity index (χ1) is 13.9. The van der Waals surface area contributed by atoms with Gasteiger partial charge in [-0.25, -0.2) is 9.78 Å². The number of rotatable bonds is 7. The molecule has 0 unspecified atom stereocenters. The standard InChI is InChI=1S/C23H22ClNO4/c1-4-28-22-12-16(24)8-9-17(22)19-11-10-18(23(26)27)20(25-19)13-29-21-7-5-6-14(2)15(21)3/h5-12H,4,13H2,1-3H3,(H,26,27). The van der Waals surface area contributed by atoms with Crippen molar-refractivity contribution in [2.24, 2.45) is 0 Å². The van der Waals surface area contributed by atoms with E-state index < -0.39 is 5.97 Å². The molecule has 1 N–H and O–H groups in total. The third-order valence-electron chi connectivity index (χ3n) is 4.64. The molecular formula is C23H22ClNO4. The van der Waals surface area contributed by atoms with Crippen molar-refractivity contribution < 1.29 is 19.4 Å². The minimum atomic E-state index is -1.05. The Hall–Kier alpha value is -3.05. The molecule has 0 amide bonds. The Balaban J connectivity index is 1.99. The van der Waals surface area contributed by atoms with Crippen LogP contribution >= 0.6 is 11.6 Å². The molecule has 1 heterocycles. The van der Waals surface area contributed by atoms with Gasteiger partial charge in [-0.3, -0.25) is 0 Å². The van der Waals surface area contributed by atoms with E-state index in [1.807, 2.05) is 45.0 Å². The number of ether oxygens (including phenoxy) is 2. The second-order valence-corrected chi connectivity index (χ2v) is 6.99. The number of nitrogens with zero attached hydrogens (tertiary/aromatic N) is 1. The molecule has 150 valence electrons. The number of aryl methyl sites for hydroxylation is 1. The Morgan fingerprint density at radius 1 is 1.07 bits per heavy atom. The smallest absolute Gasteiger partial charge is 0.337 e. The fraction of sp³-hybridized carbons (Fsp3) is 0.217. The maximum atomic E-state index is 11.7. The van der Waals surface area contributed by atoms with Crippen LogP contribution in [0.5, 0.6) is 11.5 Å². The van der Waals surface area contributed by atoms with E-state index in [1.165, 1.54) is 6.07 Å². The highest BCUT2D eigenvalue weighted by atomic mass is 35.5. The fourth-order valence-corrected chi connectivity index (χ4v) is 3.13. The van der Waals surface area contributed by atoms with E-state index in [4.69, 9.17) is 21.1 Å². The number of halogens is 1. The third-order valence-corrected chi connectivity index (χ3v) is 4.88. The van der Waals surface area contributed by atoms with E-state index in [9.17, 15) is 9.90 Å². The zero-order chi connectivity index (χ0) is 21.0. The van der Waals surface area contributed by atoms with Crippen LogP contribution in [-0.2, 0) is 6.61 Å². The van der Waals surface area contributed by atoms with E-state index in [2.05, 4.69) is 4.98 Å². The average Bonchev–Trinajstić information content (AvgIpc) is 2.69. The zero-order valence-electron chi connectivity index (χ0n) is 16.5. The molecule has 0 aliphatic rings. The van der Waals surface area contributed by atoms with Gasteiger partial charge < -0.3 is 14.6 Å². The Kier molecular flexibility index (Phi) is 6.39. The summed E-state index contributed by atoms with van der Waals surface area (Å²) < 4.78 is 11.6. The number of pyridine rings is 1. The van der Waals surface area contributed by atoms with Crippen LogP contribution in [0.15, 0.2) is 48.5 Å². The second-order valence-electron chi connectivity index (χ2n) is 6.56. The van der Waals surface area contributed by atoms with Gasteiger partial charge in [0.15, 0.2) is 0 Å². The molecule has 0 fully saturated rings. The quantitative estimate of drug-likeness (QED) is 0.540. The van der Waals surface area contributed by atoms with Gasteiger partial charge in [0.25, 0.3) is 0 Å². The minimum absolute atomic E-state index is 0.0390. The molecule has 0 aliphatic carbocycles. The van der Waals surface area contributed by atoms with E-state index in [-0.39, 0.29) is 12.2 Å². The number of hydrogen-bond acceptors (Lipinski definition) is 4. The van der Waals surface area contributed by atoms with Gasteiger partial charge in [0.1, 0.15) is 18.1 Å². The number of benzene rings is 2. The van der Waals surface area contributed by atoms with E-state index >= 15 is 0 Å². The Labute approximate surface area is 174 Å². The van der Waals surface area contributed by atoms with Gasteiger partial charge >= 0.3 is 5.97 Å². The average molecular weight is 412 g/mol. The SMILES string of the molecule is CCOc1cc(Cl)ccc1-c1ccc(C(=O)O)c(COc2cccc(C)c2C)n1. The Morgan fingerprint density at radius 2 is 1.86 bits per heavy atom. The Morgan fingerprint density at radius 3 is 2.59 bits per heavy atom. The Bertz CT molecular complexity index is 1050. The molecule has 3 rings (SSSR count). The molecular weight excluding hydrogens is 390 g/mol. The van der Waals surface area contributed by atoms with Crippen LogP contribution in [0.25, 0.3) is 11.3 Å². The van der Waals surface area contributed by atoms with Gasteiger partial charge in [-0.05, 0) is 68.3 Å². The summed E-state index contributed by atoms with van der Waals surface area (Å²) in [5, 5.41) is 10.1. The first kappa shape index (κ1) is 20.7. The van der Waals surface area contributed by atoms with Gasteiger partial charge in [0.05, 0.1) is 23.6 Å². The predicted molar refractivity (Wildman–Crippen MR) is 113 cm³/mol. The molecule has 0 bridgehead atoms. The predicted octanol–water partition coefficient (Wildman–Crippen LogP) is 5.69. The van der Waals surface area contributed by atoms with Crippen molar-refractivity contribution in [3.05, 3.63) is 75.9 Å². The van der Waals surface area contributed by atoms with Crippen molar-refractivity contribution >= 4 is 17.6 Å². The van der Waals surface area contributed by atoms with Crippen molar-refractivity contribution in [3.63, 3.8) is 0 Å². The van der Waals surface area contributed by atoms with E-state index in [0.29, 0.717) is 34.5 Å². The number of aromatic carboxylic acids is 1. The first-order valence-electron chi connectivity index (χ1n) is 9.25. The second kappa shape index (κ2) is 8.97. The molecule has 0 spiro atoms. The number of hydrogen-bond donors (Lipinski definition) is 1. The monoisotopic (exact) mass is 411 g/mol. The van der Waals surface area contributed by atoms with Crippen molar-refractivity contribution in [2.45, 2.75) is 27.4 Å². The lowest BCUT2D eigenvalue weighted by Crippen LogP contribution is -2.09. The summed E-state index contributed by atoms with van der Waals surface area (Å²) in [6.45, 7) is 6.36. The van der Waals surface area contributed by atoms with E-state index in [0.717, 1.165) is 16.7 Å². The molecule has 29 heavy (non-hydrogen) atoms. The largest absolute Gasteiger partial charge is 0.493 e. The number of aromatic nitrogens is 1. The molecule has 1 aromatic heterocycles. The molecule has 2 aromatic carbocycles. The fourth-order valence-electron chi connectivity index (χ4n) is 2.97. The zero-order valence-corrected chi connectivity index (χ0v) is 17.3. The molecule has 6 heteroatoms. The van der Waals surface area contributed by atoms with Crippen molar-refractivity contribution in [3.8, 4) is 22.8 Å². The van der Waals surface area contributed by atoms with Crippen molar-refractivity contribution in [1.82, 2.24) is 4.98 Å². The van der Waals surface area contributed by atoms with Crippen LogP contribution in [0.3, 0.4) is 0 Å². The number of carbonyl (C=O) groups is 1. The summed E-state index contributed by atoms with van der Waals surface area (Å²) in [6.07, 6.45) is 0. The van der Waals surface area contributed by atoms with Crippen LogP contribution in [0.2, 0.25) is 5.02 Å². The summed E-state index contributed by atoms with van der Waals surface area (Å²) >= 11 is 6.09. The number of carboxylic acid groups (broad SMARTS) is 1.